The highest BCUT2D eigenvalue weighted by Crippen LogP contribution is 2.07. The van der Waals surface area contributed by atoms with Crippen molar-refractivity contribution in [2.45, 2.75) is 33.6 Å². The zero-order valence-electron chi connectivity index (χ0n) is 12.4. The number of nitrogens with zero attached hydrogens (tertiary/aromatic N) is 1. The van der Waals surface area contributed by atoms with Gasteiger partial charge in [-0.2, -0.15) is 0 Å². The Bertz CT molecular complexity index is 446. The average Bonchev–Trinajstić information content (AvgIpc) is 2.40. The fraction of sp³-hybridized carbons (Fsp3) is 0.375. The molecule has 0 fully saturated rings. The van der Waals surface area contributed by atoms with Crippen LogP contribution in [0.1, 0.15) is 33.6 Å². The van der Waals surface area contributed by atoms with Crippen LogP contribution in [0.4, 0.5) is 5.69 Å². The molecule has 0 atom stereocenters. The van der Waals surface area contributed by atoms with Crippen molar-refractivity contribution in [2.75, 3.05) is 6.61 Å². The van der Waals surface area contributed by atoms with Crippen LogP contribution in [0.5, 0.6) is 0 Å². The third kappa shape index (κ3) is 10.0. The first-order valence-electron chi connectivity index (χ1n) is 6.56. The van der Waals surface area contributed by atoms with Gasteiger partial charge in [-0.05, 0) is 33.6 Å². The molecule has 0 aliphatic rings. The molecule has 0 unspecified atom stereocenters. The lowest BCUT2D eigenvalue weighted by molar-refractivity contribution is -0.384. The molecule has 1 aromatic carbocycles. The molecule has 4 nitrogen and oxygen atoms in total. The van der Waals surface area contributed by atoms with Gasteiger partial charge in [0, 0.05) is 12.1 Å². The minimum atomic E-state index is -0.417. The van der Waals surface area contributed by atoms with E-state index in [4.69, 9.17) is 5.11 Å². The molecule has 4 heteroatoms. The molecule has 1 aromatic rings. The Morgan fingerprint density at radius 1 is 1.20 bits per heavy atom. The topological polar surface area (TPSA) is 63.4 Å². The molecule has 0 saturated heterocycles. The first-order valence-corrected chi connectivity index (χ1v) is 6.56. The van der Waals surface area contributed by atoms with Crippen LogP contribution < -0.4 is 0 Å². The van der Waals surface area contributed by atoms with Gasteiger partial charge in [0.2, 0.25) is 0 Å². The van der Waals surface area contributed by atoms with Crippen molar-refractivity contribution in [1.29, 1.82) is 0 Å². The Labute approximate surface area is 120 Å². The minimum Gasteiger partial charge on any atom is -0.392 e. The summed E-state index contributed by atoms with van der Waals surface area (Å²) in [6.45, 7) is 6.42. The molecular weight excluding hydrogens is 254 g/mol. The molecule has 0 aliphatic carbocycles. The highest BCUT2D eigenvalue weighted by Gasteiger charge is 1.98. The van der Waals surface area contributed by atoms with Gasteiger partial charge in [0.05, 0.1) is 11.5 Å². The van der Waals surface area contributed by atoms with E-state index in [9.17, 15) is 10.1 Å². The summed E-state index contributed by atoms with van der Waals surface area (Å²) >= 11 is 0. The van der Waals surface area contributed by atoms with Crippen LogP contribution in [0.25, 0.3) is 0 Å². The van der Waals surface area contributed by atoms with Gasteiger partial charge in [0.1, 0.15) is 0 Å². The molecule has 0 amide bonds. The molecule has 0 heterocycles. The second-order valence-corrected chi connectivity index (χ2v) is 4.65. The number of benzene rings is 1. The second-order valence-electron chi connectivity index (χ2n) is 4.65. The molecule has 20 heavy (non-hydrogen) atoms. The van der Waals surface area contributed by atoms with Crippen LogP contribution in [0.3, 0.4) is 0 Å². The van der Waals surface area contributed by atoms with E-state index in [1.54, 1.807) is 18.2 Å². The molecule has 0 spiro atoms. The van der Waals surface area contributed by atoms with Crippen LogP contribution in [0.2, 0.25) is 0 Å². The van der Waals surface area contributed by atoms with Gasteiger partial charge in [-0.1, -0.05) is 41.5 Å². The summed E-state index contributed by atoms with van der Waals surface area (Å²) in [5.74, 6) is 0. The molecule has 1 rings (SSSR count). The smallest absolute Gasteiger partial charge is 0.269 e. The fourth-order valence-electron chi connectivity index (χ4n) is 1.40. The molecule has 0 radical (unpaired) electrons. The van der Waals surface area contributed by atoms with Crippen molar-refractivity contribution in [3.05, 3.63) is 63.7 Å². The molecular formula is C16H23NO3. The number of hydrogen-bond donors (Lipinski definition) is 1. The lowest BCUT2D eigenvalue weighted by Gasteiger charge is -1.96. The standard InChI is InChI=1S/C10H18O.C6H5NO2/c1-9(2)5-4-6-10(3)7-8-11;8-7(9)6-4-2-1-3-5-6/h5,7,11H,4,6,8H2,1-3H3;1-5H/b10-7+;. The Morgan fingerprint density at radius 2 is 1.80 bits per heavy atom. The Kier molecular flexibility index (Phi) is 9.87. The van der Waals surface area contributed by atoms with Gasteiger partial charge in [0.25, 0.3) is 5.69 Å². The molecule has 0 bridgehead atoms. The molecule has 0 saturated carbocycles. The Hall–Kier alpha value is -1.94. The van der Waals surface area contributed by atoms with Crippen molar-refractivity contribution in [3.8, 4) is 0 Å². The number of nitro groups is 1. The Morgan fingerprint density at radius 3 is 2.20 bits per heavy atom. The first-order chi connectivity index (χ1) is 9.47. The number of hydrogen-bond acceptors (Lipinski definition) is 3. The SMILES string of the molecule is CC(C)=CCC/C(C)=C/CO.O=[N+]([O-])c1ccccc1. The van der Waals surface area contributed by atoms with Crippen molar-refractivity contribution < 1.29 is 10.0 Å². The molecule has 1 N–H and O–H groups in total. The van der Waals surface area contributed by atoms with Gasteiger partial charge in [0.15, 0.2) is 0 Å². The maximum absolute atomic E-state index is 10.0. The van der Waals surface area contributed by atoms with E-state index >= 15 is 0 Å². The number of rotatable bonds is 5. The maximum Gasteiger partial charge on any atom is 0.269 e. The summed E-state index contributed by atoms with van der Waals surface area (Å²) < 4.78 is 0. The Balaban J connectivity index is 0.000000367. The lowest BCUT2D eigenvalue weighted by Crippen LogP contribution is -1.84. The maximum atomic E-state index is 10.0. The average molecular weight is 277 g/mol. The second kappa shape index (κ2) is 10.9. The van der Waals surface area contributed by atoms with Crippen molar-refractivity contribution in [1.82, 2.24) is 0 Å². The molecule has 0 aliphatic heterocycles. The monoisotopic (exact) mass is 277 g/mol. The lowest BCUT2D eigenvalue weighted by atomic mass is 10.1. The van der Waals surface area contributed by atoms with E-state index in [0.717, 1.165) is 12.8 Å². The zero-order chi connectivity index (χ0) is 15.4. The fourth-order valence-corrected chi connectivity index (χ4v) is 1.40. The van der Waals surface area contributed by atoms with Gasteiger partial charge in [-0.25, -0.2) is 0 Å². The summed E-state index contributed by atoms with van der Waals surface area (Å²) in [6.07, 6.45) is 6.23. The summed E-state index contributed by atoms with van der Waals surface area (Å²) in [7, 11) is 0. The third-order valence-electron chi connectivity index (χ3n) is 2.50. The summed E-state index contributed by atoms with van der Waals surface area (Å²) in [6, 6.07) is 7.93. The normalized spacial score (nSPS) is 10.3. The summed E-state index contributed by atoms with van der Waals surface area (Å²) in [5, 5.41) is 18.6. The predicted molar refractivity (Wildman–Crippen MR) is 82.6 cm³/mol. The van der Waals surface area contributed by atoms with Crippen LogP contribution in [0.15, 0.2) is 53.6 Å². The van der Waals surface area contributed by atoms with Crippen LogP contribution in [-0.4, -0.2) is 16.6 Å². The number of non-ortho nitro benzene ring substituents is 1. The quantitative estimate of drug-likeness (QED) is 0.496. The first kappa shape index (κ1) is 18.1. The van der Waals surface area contributed by atoms with E-state index in [-0.39, 0.29) is 12.3 Å². The predicted octanol–water partition coefficient (Wildman–Crippen LogP) is 4.27. The van der Waals surface area contributed by atoms with Gasteiger partial charge >= 0.3 is 0 Å². The summed E-state index contributed by atoms with van der Waals surface area (Å²) in [4.78, 5) is 9.59. The number of nitro benzene ring substituents is 1. The molecule has 110 valence electrons. The van der Waals surface area contributed by atoms with Crippen molar-refractivity contribution in [3.63, 3.8) is 0 Å². The third-order valence-corrected chi connectivity index (χ3v) is 2.50. The summed E-state index contributed by atoms with van der Waals surface area (Å²) in [5.41, 5.74) is 2.77. The number of para-hydroxylation sites is 1. The van der Waals surface area contributed by atoms with E-state index in [1.165, 1.54) is 23.3 Å². The van der Waals surface area contributed by atoms with E-state index in [2.05, 4.69) is 26.8 Å². The zero-order valence-corrected chi connectivity index (χ0v) is 12.4. The highest BCUT2D eigenvalue weighted by molar-refractivity contribution is 5.27. The number of aliphatic hydroxyl groups is 1. The van der Waals surface area contributed by atoms with Gasteiger partial charge in [-0.3, -0.25) is 10.1 Å². The number of allylic oxidation sites excluding steroid dienone is 3. The van der Waals surface area contributed by atoms with Crippen LogP contribution >= 0.6 is 0 Å². The number of aliphatic hydroxyl groups excluding tert-OH is 1. The van der Waals surface area contributed by atoms with Crippen LogP contribution in [0, 0.1) is 10.1 Å². The van der Waals surface area contributed by atoms with E-state index in [0.29, 0.717) is 0 Å². The van der Waals surface area contributed by atoms with Crippen molar-refractivity contribution in [2.24, 2.45) is 0 Å². The van der Waals surface area contributed by atoms with Gasteiger partial charge in [-0.15, -0.1) is 0 Å². The minimum absolute atomic E-state index is 0.137. The largest absolute Gasteiger partial charge is 0.392 e. The van der Waals surface area contributed by atoms with Gasteiger partial charge < -0.3 is 5.11 Å². The van der Waals surface area contributed by atoms with Crippen LogP contribution in [-0.2, 0) is 0 Å². The van der Waals surface area contributed by atoms with Crippen molar-refractivity contribution >= 4 is 5.69 Å². The molecule has 0 aromatic heterocycles. The highest BCUT2D eigenvalue weighted by atomic mass is 16.6. The van der Waals surface area contributed by atoms with E-state index in [1.807, 2.05) is 6.08 Å². The van der Waals surface area contributed by atoms with E-state index < -0.39 is 4.92 Å².